The molecule has 2 rings (SSSR count). The Bertz CT molecular complexity index is 694. The summed E-state index contributed by atoms with van der Waals surface area (Å²) >= 11 is 0. The minimum Gasteiger partial charge on any atom is -0.394 e. The second-order valence-electron chi connectivity index (χ2n) is 6.70. The smallest absolute Gasteiger partial charge is 0.315 e. The van der Waals surface area contributed by atoms with E-state index in [-0.39, 0.29) is 18.7 Å². The van der Waals surface area contributed by atoms with Crippen LogP contribution in [0.5, 0.6) is 0 Å². The van der Waals surface area contributed by atoms with Gasteiger partial charge in [0.15, 0.2) is 5.82 Å². The van der Waals surface area contributed by atoms with Gasteiger partial charge in [-0.3, -0.25) is 0 Å². The summed E-state index contributed by atoms with van der Waals surface area (Å²) in [6.45, 7) is 8.34. The van der Waals surface area contributed by atoms with E-state index < -0.39 is 0 Å². The molecule has 0 fully saturated rings. The first-order chi connectivity index (χ1) is 11.9. The van der Waals surface area contributed by atoms with E-state index in [2.05, 4.69) is 34.6 Å². The molecule has 25 heavy (non-hydrogen) atoms. The maximum atomic E-state index is 11.9. The number of carbonyl (C=O) groups is 1. The fourth-order valence-corrected chi connectivity index (χ4v) is 2.67. The number of aliphatic hydroxyl groups excluding tert-OH is 1. The first kappa shape index (κ1) is 18.9. The maximum absolute atomic E-state index is 11.9. The molecule has 0 saturated carbocycles. The maximum Gasteiger partial charge on any atom is 0.315 e. The fourth-order valence-electron chi connectivity index (χ4n) is 2.67. The molecule has 0 aliphatic heterocycles. The normalized spacial score (nSPS) is 12.2. The Morgan fingerprint density at radius 3 is 2.60 bits per heavy atom. The average molecular weight is 345 g/mol. The summed E-state index contributed by atoms with van der Waals surface area (Å²) in [4.78, 5) is 16.3. The van der Waals surface area contributed by atoms with Crippen LogP contribution in [0.15, 0.2) is 24.4 Å². The molecule has 1 atom stereocenters. The van der Waals surface area contributed by atoms with Crippen LogP contribution in [0, 0.1) is 19.8 Å². The van der Waals surface area contributed by atoms with Gasteiger partial charge in [0.05, 0.1) is 18.3 Å². The van der Waals surface area contributed by atoms with Crippen LogP contribution in [0.3, 0.4) is 0 Å². The molecule has 0 radical (unpaired) electrons. The van der Waals surface area contributed by atoms with E-state index in [1.807, 2.05) is 32.0 Å². The lowest BCUT2D eigenvalue weighted by Gasteiger charge is -2.18. The molecule has 2 heterocycles. The van der Waals surface area contributed by atoms with Gasteiger partial charge in [0.2, 0.25) is 0 Å². The first-order valence-electron chi connectivity index (χ1n) is 8.52. The van der Waals surface area contributed by atoms with Gasteiger partial charge in [-0.2, -0.15) is 5.10 Å². The topological polar surface area (TPSA) is 92.1 Å². The molecule has 7 heteroatoms. The van der Waals surface area contributed by atoms with E-state index in [0.29, 0.717) is 12.5 Å². The number of nitrogens with one attached hydrogen (secondary N) is 2. The van der Waals surface area contributed by atoms with Crippen molar-refractivity contribution in [3.05, 3.63) is 41.3 Å². The summed E-state index contributed by atoms with van der Waals surface area (Å²) in [5.41, 5.74) is 2.86. The van der Waals surface area contributed by atoms with E-state index in [1.165, 1.54) is 0 Å². The van der Waals surface area contributed by atoms with E-state index in [1.54, 1.807) is 10.9 Å². The number of carbonyl (C=O) groups excluding carboxylic acids is 1. The highest BCUT2D eigenvalue weighted by atomic mass is 16.3. The summed E-state index contributed by atoms with van der Waals surface area (Å²) in [7, 11) is 0. The predicted octanol–water partition coefficient (Wildman–Crippen LogP) is 2.09. The lowest BCUT2D eigenvalue weighted by atomic mass is 10.0. The molecular formula is C18H27N5O2. The van der Waals surface area contributed by atoms with Gasteiger partial charge < -0.3 is 15.7 Å². The van der Waals surface area contributed by atoms with Crippen LogP contribution in [0.4, 0.5) is 4.79 Å². The zero-order valence-electron chi connectivity index (χ0n) is 15.3. The number of urea groups is 1. The Kier molecular flexibility index (Phi) is 6.52. The number of pyridine rings is 1. The highest BCUT2D eigenvalue weighted by Crippen LogP contribution is 2.10. The molecule has 2 amide bonds. The second-order valence-corrected chi connectivity index (χ2v) is 6.70. The number of rotatable bonds is 7. The van der Waals surface area contributed by atoms with Crippen molar-refractivity contribution in [2.45, 2.75) is 46.7 Å². The minimum absolute atomic E-state index is 0.0650. The molecule has 2 aromatic heterocycles. The summed E-state index contributed by atoms with van der Waals surface area (Å²) in [6.07, 6.45) is 2.46. The van der Waals surface area contributed by atoms with Gasteiger partial charge in [0.1, 0.15) is 0 Å². The Balaban J connectivity index is 1.89. The lowest BCUT2D eigenvalue weighted by molar-refractivity contribution is 0.206. The van der Waals surface area contributed by atoms with Crippen LogP contribution in [0.1, 0.15) is 37.2 Å². The van der Waals surface area contributed by atoms with Crippen molar-refractivity contribution < 1.29 is 9.90 Å². The number of aliphatic hydroxyl groups is 1. The quantitative estimate of drug-likeness (QED) is 0.716. The number of aryl methyl sites for hydroxylation is 2. The lowest BCUT2D eigenvalue weighted by Crippen LogP contribution is -2.44. The minimum atomic E-state index is -0.290. The van der Waals surface area contributed by atoms with Crippen LogP contribution in [-0.2, 0) is 6.54 Å². The molecule has 136 valence electrons. The number of aromatic nitrogens is 3. The Morgan fingerprint density at radius 1 is 1.32 bits per heavy atom. The highest BCUT2D eigenvalue weighted by molar-refractivity contribution is 5.74. The van der Waals surface area contributed by atoms with Gasteiger partial charge in [0, 0.05) is 18.4 Å². The van der Waals surface area contributed by atoms with Crippen molar-refractivity contribution in [2.24, 2.45) is 5.92 Å². The van der Waals surface area contributed by atoms with Gasteiger partial charge in [-0.25, -0.2) is 14.5 Å². The van der Waals surface area contributed by atoms with Crippen molar-refractivity contribution in [1.29, 1.82) is 0 Å². The standard InChI is InChI=1S/C18H27N5O2/c1-12(2)7-16(11-24)21-18(25)20-10-15-5-6-17(19-9-15)23-14(4)8-13(3)22-23/h5-6,8-9,12,16,24H,7,10-11H2,1-4H3,(H2,20,21,25). The van der Waals surface area contributed by atoms with Gasteiger partial charge >= 0.3 is 6.03 Å². The Hall–Kier alpha value is -2.41. The van der Waals surface area contributed by atoms with Crippen LogP contribution in [-0.4, -0.2) is 38.6 Å². The van der Waals surface area contributed by atoms with Crippen molar-refractivity contribution in [2.75, 3.05) is 6.61 Å². The number of hydrogen-bond acceptors (Lipinski definition) is 4. The Morgan fingerprint density at radius 2 is 2.08 bits per heavy atom. The van der Waals surface area contributed by atoms with Crippen molar-refractivity contribution >= 4 is 6.03 Å². The molecule has 1 unspecified atom stereocenters. The molecule has 0 aromatic carbocycles. The zero-order chi connectivity index (χ0) is 18.4. The molecule has 3 N–H and O–H groups in total. The van der Waals surface area contributed by atoms with Crippen LogP contribution in [0.25, 0.3) is 5.82 Å². The number of nitrogens with zero attached hydrogens (tertiary/aromatic N) is 3. The second kappa shape index (κ2) is 8.62. The van der Waals surface area contributed by atoms with Gasteiger partial charge in [-0.15, -0.1) is 0 Å². The van der Waals surface area contributed by atoms with Crippen molar-refractivity contribution in [3.8, 4) is 5.82 Å². The highest BCUT2D eigenvalue weighted by Gasteiger charge is 2.12. The Labute approximate surface area is 148 Å². The average Bonchev–Trinajstić information content (AvgIpc) is 2.90. The monoisotopic (exact) mass is 345 g/mol. The SMILES string of the molecule is Cc1cc(C)n(-c2ccc(CNC(=O)NC(CO)CC(C)C)cn2)n1. The zero-order valence-corrected chi connectivity index (χ0v) is 15.3. The number of hydrogen-bond donors (Lipinski definition) is 3. The van der Waals surface area contributed by atoms with Gasteiger partial charge in [0.25, 0.3) is 0 Å². The van der Waals surface area contributed by atoms with E-state index >= 15 is 0 Å². The summed E-state index contributed by atoms with van der Waals surface area (Å²) in [5, 5.41) is 19.3. The fraction of sp³-hybridized carbons (Fsp3) is 0.500. The largest absolute Gasteiger partial charge is 0.394 e. The molecule has 0 bridgehead atoms. The summed E-state index contributed by atoms with van der Waals surface area (Å²) in [5.74, 6) is 1.15. The third kappa shape index (κ3) is 5.56. The third-order valence-electron chi connectivity index (χ3n) is 3.80. The molecule has 0 aliphatic carbocycles. The van der Waals surface area contributed by atoms with Crippen LogP contribution >= 0.6 is 0 Å². The molecule has 0 aliphatic rings. The third-order valence-corrected chi connectivity index (χ3v) is 3.80. The van der Waals surface area contributed by atoms with Crippen molar-refractivity contribution in [1.82, 2.24) is 25.4 Å². The molecular weight excluding hydrogens is 318 g/mol. The van der Waals surface area contributed by atoms with Crippen LogP contribution in [0.2, 0.25) is 0 Å². The predicted molar refractivity (Wildman–Crippen MR) is 96.5 cm³/mol. The van der Waals surface area contributed by atoms with E-state index in [9.17, 15) is 9.90 Å². The molecule has 0 spiro atoms. The number of amides is 2. The summed E-state index contributed by atoms with van der Waals surface area (Å²) in [6, 6.07) is 5.27. The molecule has 7 nitrogen and oxygen atoms in total. The molecule has 2 aromatic rings. The van der Waals surface area contributed by atoms with Crippen molar-refractivity contribution in [3.63, 3.8) is 0 Å². The van der Waals surface area contributed by atoms with Gasteiger partial charge in [-0.1, -0.05) is 19.9 Å². The van der Waals surface area contributed by atoms with Gasteiger partial charge in [-0.05, 0) is 43.9 Å². The van der Waals surface area contributed by atoms with Crippen LogP contribution < -0.4 is 10.6 Å². The van der Waals surface area contributed by atoms with E-state index in [0.717, 1.165) is 29.2 Å². The first-order valence-corrected chi connectivity index (χ1v) is 8.52. The summed E-state index contributed by atoms with van der Waals surface area (Å²) < 4.78 is 1.79. The molecule has 0 saturated heterocycles. The van der Waals surface area contributed by atoms with E-state index in [4.69, 9.17) is 0 Å².